The van der Waals surface area contributed by atoms with Gasteiger partial charge in [0.05, 0.1) is 19.6 Å². The highest BCUT2D eigenvalue weighted by molar-refractivity contribution is 7.10. The van der Waals surface area contributed by atoms with Crippen LogP contribution in [0, 0.1) is 5.92 Å². The molecular weight excluding hydrogens is 222 g/mol. The molecular formula is C12H19NO2S. The lowest BCUT2D eigenvalue weighted by Crippen LogP contribution is -2.27. The molecule has 1 aromatic heterocycles. The van der Waals surface area contributed by atoms with Crippen LogP contribution in [0.3, 0.4) is 0 Å². The fourth-order valence-corrected chi connectivity index (χ4v) is 2.19. The van der Waals surface area contributed by atoms with Crippen LogP contribution in [0.5, 0.6) is 0 Å². The predicted octanol–water partition coefficient (Wildman–Crippen LogP) is 2.60. The van der Waals surface area contributed by atoms with E-state index in [1.165, 1.54) is 12.0 Å². The van der Waals surface area contributed by atoms with Crippen LogP contribution in [0.15, 0.2) is 17.5 Å². The van der Waals surface area contributed by atoms with Gasteiger partial charge in [-0.15, -0.1) is 11.3 Å². The van der Waals surface area contributed by atoms with Crippen LogP contribution >= 0.6 is 11.3 Å². The van der Waals surface area contributed by atoms with E-state index in [4.69, 9.17) is 4.74 Å². The number of methoxy groups -OCH3 is 1. The van der Waals surface area contributed by atoms with E-state index in [9.17, 15) is 4.79 Å². The monoisotopic (exact) mass is 241 g/mol. The van der Waals surface area contributed by atoms with Crippen molar-refractivity contribution in [2.75, 3.05) is 13.7 Å². The first-order valence-electron chi connectivity index (χ1n) is 5.47. The maximum atomic E-state index is 11.3. The molecule has 0 aliphatic rings. The number of hydrogen-bond acceptors (Lipinski definition) is 4. The number of nitrogens with one attached hydrogen (secondary N) is 1. The van der Waals surface area contributed by atoms with Crippen molar-refractivity contribution in [3.8, 4) is 0 Å². The van der Waals surface area contributed by atoms with Crippen molar-refractivity contribution >= 4 is 17.3 Å². The Bertz CT molecular complexity index is 309. The van der Waals surface area contributed by atoms with E-state index in [1.807, 2.05) is 17.5 Å². The smallest absolute Gasteiger partial charge is 0.307 e. The molecule has 1 rings (SSSR count). The lowest BCUT2D eigenvalue weighted by molar-refractivity contribution is -0.141. The summed E-state index contributed by atoms with van der Waals surface area (Å²) in [5.41, 5.74) is 0. The molecule has 3 nitrogen and oxygen atoms in total. The largest absolute Gasteiger partial charge is 0.469 e. The van der Waals surface area contributed by atoms with Gasteiger partial charge in [-0.3, -0.25) is 4.79 Å². The van der Waals surface area contributed by atoms with Crippen molar-refractivity contribution in [1.82, 2.24) is 5.32 Å². The molecule has 4 heteroatoms. The molecule has 0 saturated heterocycles. The maximum Gasteiger partial charge on any atom is 0.307 e. The van der Waals surface area contributed by atoms with Gasteiger partial charge >= 0.3 is 5.97 Å². The molecule has 1 N–H and O–H groups in total. The summed E-state index contributed by atoms with van der Waals surface area (Å²) in [4.78, 5) is 12.5. The van der Waals surface area contributed by atoms with E-state index < -0.39 is 0 Å². The van der Waals surface area contributed by atoms with E-state index in [1.54, 1.807) is 11.3 Å². The Kier molecular flexibility index (Phi) is 5.49. The Labute approximate surface area is 101 Å². The van der Waals surface area contributed by atoms with E-state index in [0.717, 1.165) is 6.54 Å². The fourth-order valence-electron chi connectivity index (χ4n) is 1.39. The predicted molar refractivity (Wildman–Crippen MR) is 66.5 cm³/mol. The van der Waals surface area contributed by atoms with Crippen LogP contribution in [0.4, 0.5) is 0 Å². The van der Waals surface area contributed by atoms with Gasteiger partial charge in [-0.25, -0.2) is 0 Å². The number of thiophene rings is 1. The van der Waals surface area contributed by atoms with Gasteiger partial charge in [0.1, 0.15) is 0 Å². The molecule has 0 aliphatic carbocycles. The zero-order chi connectivity index (χ0) is 12.0. The third-order valence-corrected chi connectivity index (χ3v) is 3.24. The van der Waals surface area contributed by atoms with Crippen LogP contribution in [-0.4, -0.2) is 19.6 Å². The minimum absolute atomic E-state index is 0.0786. The van der Waals surface area contributed by atoms with Crippen molar-refractivity contribution in [3.63, 3.8) is 0 Å². The van der Waals surface area contributed by atoms with Crippen molar-refractivity contribution in [2.45, 2.75) is 26.3 Å². The lowest BCUT2D eigenvalue weighted by atomic mass is 10.1. The first-order chi connectivity index (χ1) is 7.63. The average molecular weight is 241 g/mol. The summed E-state index contributed by atoms with van der Waals surface area (Å²) in [5.74, 6) is 0.398. The van der Waals surface area contributed by atoms with Crippen LogP contribution in [0.2, 0.25) is 0 Å². The molecule has 0 aliphatic heterocycles. The normalized spacial score (nSPS) is 12.8. The molecule has 0 spiro atoms. The van der Waals surface area contributed by atoms with Gasteiger partial charge in [0, 0.05) is 4.88 Å². The standard InChI is InChI=1S/C12H19NO2S/c1-9(2)8-13-10(7-12(14)15-3)11-5-4-6-16-11/h4-6,9-10,13H,7-8H2,1-3H3. The Hall–Kier alpha value is -0.870. The summed E-state index contributed by atoms with van der Waals surface area (Å²) < 4.78 is 4.71. The fraction of sp³-hybridized carbons (Fsp3) is 0.583. The van der Waals surface area contributed by atoms with E-state index >= 15 is 0 Å². The first kappa shape index (κ1) is 13.2. The maximum absolute atomic E-state index is 11.3. The van der Waals surface area contributed by atoms with E-state index in [2.05, 4.69) is 19.2 Å². The van der Waals surface area contributed by atoms with Crippen LogP contribution in [0.25, 0.3) is 0 Å². The third-order valence-electron chi connectivity index (χ3n) is 2.26. The molecule has 0 aromatic carbocycles. The molecule has 16 heavy (non-hydrogen) atoms. The Morgan fingerprint density at radius 2 is 2.31 bits per heavy atom. The van der Waals surface area contributed by atoms with Gasteiger partial charge in [0.25, 0.3) is 0 Å². The summed E-state index contributed by atoms with van der Waals surface area (Å²) in [6.07, 6.45) is 0.393. The van der Waals surface area contributed by atoms with Gasteiger partial charge in [0.2, 0.25) is 0 Å². The van der Waals surface area contributed by atoms with Gasteiger partial charge < -0.3 is 10.1 Å². The number of rotatable bonds is 6. The highest BCUT2D eigenvalue weighted by Crippen LogP contribution is 2.22. The summed E-state index contributed by atoms with van der Waals surface area (Å²) in [7, 11) is 1.43. The number of carbonyl (C=O) groups is 1. The molecule has 0 amide bonds. The SMILES string of the molecule is COC(=O)CC(NCC(C)C)c1cccs1. The van der Waals surface area contributed by atoms with Gasteiger partial charge in [0.15, 0.2) is 0 Å². The van der Waals surface area contributed by atoms with Gasteiger partial charge in [-0.1, -0.05) is 19.9 Å². The van der Waals surface area contributed by atoms with Crippen LogP contribution < -0.4 is 5.32 Å². The number of ether oxygens (including phenoxy) is 1. The second-order valence-electron chi connectivity index (χ2n) is 4.15. The topological polar surface area (TPSA) is 38.3 Å². The molecule has 0 radical (unpaired) electrons. The Morgan fingerprint density at radius 1 is 1.56 bits per heavy atom. The zero-order valence-electron chi connectivity index (χ0n) is 10.0. The second kappa shape index (κ2) is 6.66. The highest BCUT2D eigenvalue weighted by Gasteiger charge is 2.17. The highest BCUT2D eigenvalue weighted by atomic mass is 32.1. The van der Waals surface area contributed by atoms with Crippen LogP contribution in [-0.2, 0) is 9.53 Å². The summed E-state index contributed by atoms with van der Waals surface area (Å²) in [6, 6.07) is 4.13. The Morgan fingerprint density at radius 3 is 2.81 bits per heavy atom. The summed E-state index contributed by atoms with van der Waals surface area (Å²) in [5, 5.41) is 5.42. The van der Waals surface area contributed by atoms with Gasteiger partial charge in [-0.2, -0.15) is 0 Å². The molecule has 0 bridgehead atoms. The molecule has 90 valence electrons. The zero-order valence-corrected chi connectivity index (χ0v) is 10.8. The molecule has 1 heterocycles. The third kappa shape index (κ3) is 4.33. The minimum atomic E-state index is -0.172. The average Bonchev–Trinajstić information content (AvgIpc) is 2.76. The van der Waals surface area contributed by atoms with Crippen LogP contribution in [0.1, 0.15) is 31.2 Å². The van der Waals surface area contributed by atoms with Crippen molar-refractivity contribution < 1.29 is 9.53 Å². The van der Waals surface area contributed by atoms with Crippen molar-refractivity contribution in [3.05, 3.63) is 22.4 Å². The van der Waals surface area contributed by atoms with Crippen molar-refractivity contribution in [2.24, 2.45) is 5.92 Å². The number of esters is 1. The van der Waals surface area contributed by atoms with Gasteiger partial charge in [-0.05, 0) is 23.9 Å². The number of carbonyl (C=O) groups excluding carboxylic acids is 1. The minimum Gasteiger partial charge on any atom is -0.469 e. The Balaban J connectivity index is 2.58. The second-order valence-corrected chi connectivity index (χ2v) is 5.13. The van der Waals surface area contributed by atoms with Crippen molar-refractivity contribution in [1.29, 1.82) is 0 Å². The summed E-state index contributed by atoms with van der Waals surface area (Å²) >= 11 is 1.66. The van der Waals surface area contributed by atoms with E-state index in [0.29, 0.717) is 12.3 Å². The molecule has 1 aromatic rings. The first-order valence-corrected chi connectivity index (χ1v) is 6.35. The molecule has 1 atom stereocenters. The molecule has 0 fully saturated rings. The number of hydrogen-bond donors (Lipinski definition) is 1. The molecule has 1 unspecified atom stereocenters. The molecule has 0 saturated carbocycles. The quantitative estimate of drug-likeness (QED) is 0.778. The summed E-state index contributed by atoms with van der Waals surface area (Å²) in [6.45, 7) is 5.20. The lowest BCUT2D eigenvalue weighted by Gasteiger charge is -2.17. The van der Waals surface area contributed by atoms with E-state index in [-0.39, 0.29) is 12.0 Å².